The molecule has 1 aliphatic heterocycles. The third-order valence-electron chi connectivity index (χ3n) is 2.70. The van der Waals surface area contributed by atoms with Gasteiger partial charge in [0.1, 0.15) is 0 Å². The van der Waals surface area contributed by atoms with Crippen LogP contribution in [0.5, 0.6) is 0 Å². The first kappa shape index (κ1) is 10.7. The molecular weight excluding hydrogens is 200 g/mol. The van der Waals surface area contributed by atoms with Crippen LogP contribution in [-0.4, -0.2) is 11.4 Å². The minimum Gasteiger partial charge on any atom is -0.379 e. The van der Waals surface area contributed by atoms with Crippen molar-refractivity contribution < 1.29 is 4.79 Å². The van der Waals surface area contributed by atoms with Gasteiger partial charge in [-0.3, -0.25) is 4.79 Å². The molecule has 1 aromatic carbocycles. The van der Waals surface area contributed by atoms with Gasteiger partial charge < -0.3 is 11.1 Å². The van der Waals surface area contributed by atoms with Crippen molar-refractivity contribution in [2.75, 3.05) is 0 Å². The SMILES string of the molecule is CC1(C)Cc2ccccc2/C(=C\C(N)=O)N1. The lowest BCUT2D eigenvalue weighted by Gasteiger charge is -2.35. The molecule has 0 saturated carbocycles. The molecule has 0 bridgehead atoms. The van der Waals surface area contributed by atoms with E-state index in [0.29, 0.717) is 0 Å². The van der Waals surface area contributed by atoms with E-state index >= 15 is 0 Å². The van der Waals surface area contributed by atoms with Crippen LogP contribution >= 0.6 is 0 Å². The van der Waals surface area contributed by atoms with Crippen molar-refractivity contribution in [1.82, 2.24) is 5.32 Å². The zero-order chi connectivity index (χ0) is 11.8. The molecule has 1 aromatic rings. The largest absolute Gasteiger partial charge is 0.379 e. The summed E-state index contributed by atoms with van der Waals surface area (Å²) in [6.07, 6.45) is 2.40. The second-order valence-corrected chi connectivity index (χ2v) is 4.80. The fourth-order valence-electron chi connectivity index (χ4n) is 2.15. The quantitative estimate of drug-likeness (QED) is 0.698. The van der Waals surface area contributed by atoms with Gasteiger partial charge in [0, 0.05) is 22.9 Å². The van der Waals surface area contributed by atoms with Gasteiger partial charge in [0.05, 0.1) is 0 Å². The van der Waals surface area contributed by atoms with E-state index in [9.17, 15) is 4.79 Å². The van der Waals surface area contributed by atoms with Crippen molar-refractivity contribution in [3.8, 4) is 0 Å². The number of nitrogens with one attached hydrogen (secondary N) is 1. The maximum Gasteiger partial charge on any atom is 0.243 e. The number of rotatable bonds is 1. The molecule has 0 radical (unpaired) electrons. The summed E-state index contributed by atoms with van der Waals surface area (Å²) in [6, 6.07) is 8.08. The highest BCUT2D eigenvalue weighted by Gasteiger charge is 2.27. The number of amides is 1. The molecule has 0 aromatic heterocycles. The van der Waals surface area contributed by atoms with Crippen molar-refractivity contribution in [3.63, 3.8) is 0 Å². The number of primary amides is 1. The molecule has 1 heterocycles. The molecule has 3 heteroatoms. The van der Waals surface area contributed by atoms with Gasteiger partial charge in [-0.25, -0.2) is 0 Å². The maximum atomic E-state index is 11.0. The van der Waals surface area contributed by atoms with Gasteiger partial charge in [0.15, 0.2) is 0 Å². The highest BCUT2D eigenvalue weighted by molar-refractivity contribution is 5.94. The first-order valence-corrected chi connectivity index (χ1v) is 5.35. The van der Waals surface area contributed by atoms with Gasteiger partial charge in [0.2, 0.25) is 5.91 Å². The summed E-state index contributed by atoms with van der Waals surface area (Å²) < 4.78 is 0. The Balaban J connectivity index is 2.52. The van der Waals surface area contributed by atoms with E-state index in [1.54, 1.807) is 0 Å². The van der Waals surface area contributed by atoms with Crippen molar-refractivity contribution in [3.05, 3.63) is 41.5 Å². The molecule has 0 aliphatic carbocycles. The molecular formula is C13H16N2O. The van der Waals surface area contributed by atoms with Crippen molar-refractivity contribution in [2.24, 2.45) is 5.73 Å². The van der Waals surface area contributed by atoms with Crippen LogP contribution < -0.4 is 11.1 Å². The molecule has 3 nitrogen and oxygen atoms in total. The molecule has 16 heavy (non-hydrogen) atoms. The first-order chi connectivity index (χ1) is 7.48. The molecule has 0 saturated heterocycles. The van der Waals surface area contributed by atoms with Crippen molar-refractivity contribution in [2.45, 2.75) is 25.8 Å². The zero-order valence-electron chi connectivity index (χ0n) is 9.58. The summed E-state index contributed by atoms with van der Waals surface area (Å²) in [7, 11) is 0. The molecule has 1 aliphatic rings. The van der Waals surface area contributed by atoms with Gasteiger partial charge in [-0.15, -0.1) is 0 Å². The Kier molecular flexibility index (Phi) is 2.46. The summed E-state index contributed by atoms with van der Waals surface area (Å²) >= 11 is 0. The van der Waals surface area contributed by atoms with E-state index in [1.807, 2.05) is 18.2 Å². The predicted octanol–water partition coefficient (Wildman–Crippen LogP) is 1.44. The predicted molar refractivity (Wildman–Crippen MR) is 64.5 cm³/mol. The lowest BCUT2D eigenvalue weighted by molar-refractivity contribution is -0.113. The fraction of sp³-hybridized carbons (Fsp3) is 0.308. The summed E-state index contributed by atoms with van der Waals surface area (Å²) in [5.41, 5.74) is 8.31. The van der Waals surface area contributed by atoms with Crippen molar-refractivity contribution in [1.29, 1.82) is 0 Å². The smallest absolute Gasteiger partial charge is 0.243 e. The number of fused-ring (bicyclic) bond motifs is 1. The van der Waals surface area contributed by atoms with Crippen LogP contribution in [0, 0.1) is 0 Å². The van der Waals surface area contributed by atoms with Crippen molar-refractivity contribution >= 4 is 11.6 Å². The number of nitrogens with two attached hydrogens (primary N) is 1. The molecule has 0 unspecified atom stereocenters. The van der Waals surface area contributed by atoms with Crippen LogP contribution in [0.3, 0.4) is 0 Å². The summed E-state index contributed by atoms with van der Waals surface area (Å²) in [5, 5.41) is 3.34. The number of benzene rings is 1. The van der Waals surface area contributed by atoms with E-state index in [2.05, 4.69) is 25.2 Å². The van der Waals surface area contributed by atoms with Crippen LogP contribution in [0.2, 0.25) is 0 Å². The third-order valence-corrected chi connectivity index (χ3v) is 2.70. The van der Waals surface area contributed by atoms with E-state index < -0.39 is 5.91 Å². The van der Waals surface area contributed by atoms with E-state index in [1.165, 1.54) is 11.6 Å². The fourth-order valence-corrected chi connectivity index (χ4v) is 2.15. The zero-order valence-corrected chi connectivity index (χ0v) is 9.58. The monoisotopic (exact) mass is 216 g/mol. The Bertz CT molecular complexity index is 461. The topological polar surface area (TPSA) is 55.1 Å². The minimum atomic E-state index is -0.421. The Morgan fingerprint density at radius 1 is 1.44 bits per heavy atom. The average molecular weight is 216 g/mol. The molecule has 0 atom stereocenters. The molecule has 0 fully saturated rings. The first-order valence-electron chi connectivity index (χ1n) is 5.35. The highest BCUT2D eigenvalue weighted by Crippen LogP contribution is 2.28. The van der Waals surface area contributed by atoms with Crippen LogP contribution in [0.25, 0.3) is 5.70 Å². The molecule has 0 spiro atoms. The van der Waals surface area contributed by atoms with Crippen LogP contribution in [-0.2, 0) is 11.2 Å². The highest BCUT2D eigenvalue weighted by atomic mass is 16.1. The summed E-state index contributed by atoms with van der Waals surface area (Å²) in [5.74, 6) is -0.421. The summed E-state index contributed by atoms with van der Waals surface area (Å²) in [4.78, 5) is 11.0. The normalized spacial score (nSPS) is 20.0. The Morgan fingerprint density at radius 2 is 2.12 bits per heavy atom. The maximum absolute atomic E-state index is 11.0. The average Bonchev–Trinajstić information content (AvgIpc) is 2.14. The number of hydrogen-bond donors (Lipinski definition) is 2. The number of hydrogen-bond acceptors (Lipinski definition) is 2. The van der Waals surface area contributed by atoms with Gasteiger partial charge in [-0.1, -0.05) is 24.3 Å². The molecule has 3 N–H and O–H groups in total. The standard InChI is InChI=1S/C13H16N2O/c1-13(2)8-9-5-3-4-6-10(9)11(15-13)7-12(14)16/h3-7,15H,8H2,1-2H3,(H2,14,16)/b11-7+. The van der Waals surface area contributed by atoms with Crippen LogP contribution in [0.4, 0.5) is 0 Å². The Labute approximate surface area is 95.3 Å². The van der Waals surface area contributed by atoms with Gasteiger partial charge in [-0.05, 0) is 25.8 Å². The van der Waals surface area contributed by atoms with Gasteiger partial charge in [-0.2, -0.15) is 0 Å². The molecule has 2 rings (SSSR count). The number of carbonyl (C=O) groups excluding carboxylic acids is 1. The van der Waals surface area contributed by atoms with E-state index in [4.69, 9.17) is 5.73 Å². The van der Waals surface area contributed by atoms with E-state index in [0.717, 1.165) is 17.7 Å². The summed E-state index contributed by atoms with van der Waals surface area (Å²) in [6.45, 7) is 4.22. The minimum absolute atomic E-state index is 0.0460. The Morgan fingerprint density at radius 3 is 2.81 bits per heavy atom. The van der Waals surface area contributed by atoms with E-state index in [-0.39, 0.29) is 5.54 Å². The van der Waals surface area contributed by atoms with Crippen LogP contribution in [0.1, 0.15) is 25.0 Å². The van der Waals surface area contributed by atoms with Gasteiger partial charge in [0.25, 0.3) is 0 Å². The lowest BCUT2D eigenvalue weighted by Crippen LogP contribution is -2.44. The van der Waals surface area contributed by atoms with Crippen LogP contribution in [0.15, 0.2) is 30.3 Å². The third kappa shape index (κ3) is 2.08. The Hall–Kier alpha value is -1.77. The lowest BCUT2D eigenvalue weighted by atomic mass is 9.86. The molecule has 1 amide bonds. The van der Waals surface area contributed by atoms with Gasteiger partial charge >= 0.3 is 0 Å². The molecule has 84 valence electrons. The second-order valence-electron chi connectivity index (χ2n) is 4.80. The number of carbonyl (C=O) groups is 1. The second kappa shape index (κ2) is 3.67.